The molecule has 0 atom stereocenters. The Labute approximate surface area is 181 Å². The smallest absolute Gasteiger partial charge is 0.127 e. The predicted molar refractivity (Wildman–Crippen MR) is 126 cm³/mol. The molecule has 3 aromatic rings. The first-order valence-corrected chi connectivity index (χ1v) is 11.1. The minimum Gasteiger partial charge on any atom is -0.493 e. The highest BCUT2D eigenvalue weighted by Crippen LogP contribution is 2.29. The first-order valence-electron chi connectivity index (χ1n) is 11.1. The molecule has 0 amide bonds. The molecule has 0 aliphatic carbocycles. The van der Waals surface area contributed by atoms with Crippen LogP contribution in [0.4, 0.5) is 5.69 Å². The van der Waals surface area contributed by atoms with Gasteiger partial charge in [0, 0.05) is 12.2 Å². The van der Waals surface area contributed by atoms with E-state index in [2.05, 4.69) is 49.5 Å². The molecule has 158 valence electrons. The number of hydrogen-bond donors (Lipinski definition) is 1. The highest BCUT2D eigenvalue weighted by atomic mass is 16.5. The molecule has 0 unspecified atom stereocenters. The van der Waals surface area contributed by atoms with E-state index >= 15 is 0 Å². The van der Waals surface area contributed by atoms with Crippen molar-refractivity contribution >= 4 is 5.69 Å². The summed E-state index contributed by atoms with van der Waals surface area (Å²) >= 11 is 0. The van der Waals surface area contributed by atoms with E-state index < -0.39 is 0 Å². The highest BCUT2D eigenvalue weighted by Gasteiger charge is 2.07. The molecule has 0 aliphatic heterocycles. The number of nitrogens with one attached hydrogen (secondary N) is 1. The minimum absolute atomic E-state index is 0.692. The Hall–Kier alpha value is -2.94. The summed E-state index contributed by atoms with van der Waals surface area (Å²) in [4.78, 5) is 0. The van der Waals surface area contributed by atoms with Crippen molar-refractivity contribution in [1.82, 2.24) is 0 Å². The van der Waals surface area contributed by atoms with Gasteiger partial charge in [-0.15, -0.1) is 0 Å². The Morgan fingerprint density at radius 1 is 0.767 bits per heavy atom. The van der Waals surface area contributed by atoms with E-state index in [1.807, 2.05) is 42.5 Å². The fourth-order valence-electron chi connectivity index (χ4n) is 3.46. The lowest BCUT2D eigenvalue weighted by Crippen LogP contribution is -2.08. The highest BCUT2D eigenvalue weighted by molar-refractivity contribution is 5.46. The van der Waals surface area contributed by atoms with E-state index in [9.17, 15) is 0 Å². The zero-order chi connectivity index (χ0) is 21.0. The third-order valence-corrected chi connectivity index (χ3v) is 4.90. The summed E-state index contributed by atoms with van der Waals surface area (Å²) in [7, 11) is 0. The van der Waals surface area contributed by atoms with Crippen molar-refractivity contribution in [2.75, 3.05) is 18.5 Å². The molecule has 0 aliphatic rings. The average Bonchev–Trinajstić information content (AvgIpc) is 2.76. The van der Waals surface area contributed by atoms with Gasteiger partial charge in [0.05, 0.1) is 6.61 Å². The summed E-state index contributed by atoms with van der Waals surface area (Å²) in [5.41, 5.74) is 3.78. The fourth-order valence-corrected chi connectivity index (χ4v) is 3.46. The molecule has 30 heavy (non-hydrogen) atoms. The molecular formula is C27H33NO2. The van der Waals surface area contributed by atoms with Gasteiger partial charge in [0.25, 0.3) is 0 Å². The molecule has 0 fully saturated rings. The summed E-state index contributed by atoms with van der Waals surface area (Å²) in [5, 5.41) is 3.51. The largest absolute Gasteiger partial charge is 0.493 e. The second-order valence-electron chi connectivity index (χ2n) is 7.51. The Balaban J connectivity index is 1.50. The van der Waals surface area contributed by atoms with Crippen LogP contribution in [0.2, 0.25) is 0 Å². The molecule has 3 heteroatoms. The fraction of sp³-hybridized carbons (Fsp3) is 0.333. The van der Waals surface area contributed by atoms with Crippen LogP contribution in [0.15, 0.2) is 72.8 Å². The van der Waals surface area contributed by atoms with Gasteiger partial charge in [0.2, 0.25) is 0 Å². The second kappa shape index (κ2) is 11.9. The van der Waals surface area contributed by atoms with E-state index in [1.165, 1.54) is 23.2 Å². The number of benzene rings is 3. The van der Waals surface area contributed by atoms with Crippen LogP contribution in [0.25, 0.3) is 0 Å². The maximum absolute atomic E-state index is 6.10. The molecule has 0 saturated heterocycles. The van der Waals surface area contributed by atoms with Crippen LogP contribution in [0, 0.1) is 0 Å². The van der Waals surface area contributed by atoms with Crippen LogP contribution < -0.4 is 14.8 Å². The standard InChI is InChI=1S/C27H33NO2/c1-3-10-22-12-8-13-24(20-22)28-18-9-19-29-27-17-16-26(21-23(27)11-4-2)30-25-14-6-5-7-15-25/h5-8,12-17,20-21,28H,3-4,9-11,18-19H2,1-2H3. The quantitative estimate of drug-likeness (QED) is 0.323. The van der Waals surface area contributed by atoms with Crippen LogP contribution in [0.3, 0.4) is 0 Å². The summed E-state index contributed by atoms with van der Waals surface area (Å²) in [6, 6.07) is 24.7. The molecular weight excluding hydrogens is 370 g/mol. The molecule has 0 spiro atoms. The summed E-state index contributed by atoms with van der Waals surface area (Å²) in [5.74, 6) is 2.66. The van der Waals surface area contributed by atoms with E-state index in [0.29, 0.717) is 6.61 Å². The van der Waals surface area contributed by atoms with Crippen molar-refractivity contribution in [3.8, 4) is 17.2 Å². The Bertz CT molecular complexity index is 892. The van der Waals surface area contributed by atoms with Crippen molar-refractivity contribution in [2.24, 2.45) is 0 Å². The van der Waals surface area contributed by atoms with Gasteiger partial charge in [-0.1, -0.05) is 57.0 Å². The van der Waals surface area contributed by atoms with Crippen LogP contribution >= 0.6 is 0 Å². The maximum Gasteiger partial charge on any atom is 0.127 e. The normalized spacial score (nSPS) is 10.6. The molecule has 0 bridgehead atoms. The molecule has 1 N–H and O–H groups in total. The summed E-state index contributed by atoms with van der Waals surface area (Å²) < 4.78 is 12.1. The predicted octanol–water partition coefficient (Wildman–Crippen LogP) is 7.26. The number of aryl methyl sites for hydroxylation is 2. The Kier molecular flexibility index (Phi) is 8.64. The summed E-state index contributed by atoms with van der Waals surface area (Å²) in [6.45, 7) is 5.99. The monoisotopic (exact) mass is 403 g/mol. The van der Waals surface area contributed by atoms with Crippen molar-refractivity contribution in [3.63, 3.8) is 0 Å². The first-order chi connectivity index (χ1) is 14.8. The van der Waals surface area contributed by atoms with Gasteiger partial charge in [-0.3, -0.25) is 0 Å². The van der Waals surface area contributed by atoms with Crippen molar-refractivity contribution in [2.45, 2.75) is 46.0 Å². The zero-order valence-electron chi connectivity index (χ0n) is 18.2. The third kappa shape index (κ3) is 6.84. The Morgan fingerprint density at radius 3 is 2.40 bits per heavy atom. The average molecular weight is 404 g/mol. The van der Waals surface area contributed by atoms with Crippen molar-refractivity contribution < 1.29 is 9.47 Å². The van der Waals surface area contributed by atoms with Crippen LogP contribution in [0.1, 0.15) is 44.2 Å². The molecule has 0 aromatic heterocycles. The molecule has 0 heterocycles. The number of rotatable bonds is 12. The van der Waals surface area contributed by atoms with Gasteiger partial charge in [-0.05, 0) is 72.9 Å². The van der Waals surface area contributed by atoms with Gasteiger partial charge in [-0.2, -0.15) is 0 Å². The molecule has 3 rings (SSSR count). The minimum atomic E-state index is 0.692. The van der Waals surface area contributed by atoms with E-state index in [1.54, 1.807) is 0 Å². The number of anilines is 1. The van der Waals surface area contributed by atoms with E-state index in [4.69, 9.17) is 9.47 Å². The molecule has 0 radical (unpaired) electrons. The van der Waals surface area contributed by atoms with Crippen LogP contribution in [0.5, 0.6) is 17.2 Å². The van der Waals surface area contributed by atoms with Crippen molar-refractivity contribution in [1.29, 1.82) is 0 Å². The van der Waals surface area contributed by atoms with E-state index in [-0.39, 0.29) is 0 Å². The van der Waals surface area contributed by atoms with Gasteiger partial charge in [0.1, 0.15) is 17.2 Å². The molecule has 0 saturated carbocycles. The topological polar surface area (TPSA) is 30.5 Å². The summed E-state index contributed by atoms with van der Waals surface area (Å²) in [6.07, 6.45) is 5.30. The molecule has 3 aromatic carbocycles. The van der Waals surface area contributed by atoms with Crippen molar-refractivity contribution in [3.05, 3.63) is 83.9 Å². The van der Waals surface area contributed by atoms with Crippen LogP contribution in [-0.2, 0) is 12.8 Å². The number of ether oxygens (including phenoxy) is 2. The zero-order valence-corrected chi connectivity index (χ0v) is 18.2. The third-order valence-electron chi connectivity index (χ3n) is 4.90. The lowest BCUT2D eigenvalue weighted by atomic mass is 10.1. The van der Waals surface area contributed by atoms with Gasteiger partial charge in [-0.25, -0.2) is 0 Å². The van der Waals surface area contributed by atoms with Gasteiger partial charge >= 0.3 is 0 Å². The number of hydrogen-bond acceptors (Lipinski definition) is 3. The second-order valence-corrected chi connectivity index (χ2v) is 7.51. The van der Waals surface area contributed by atoms with Gasteiger partial charge < -0.3 is 14.8 Å². The van der Waals surface area contributed by atoms with E-state index in [0.717, 1.165) is 49.5 Å². The molecule has 3 nitrogen and oxygen atoms in total. The lowest BCUT2D eigenvalue weighted by molar-refractivity contribution is 0.311. The maximum atomic E-state index is 6.10. The lowest BCUT2D eigenvalue weighted by Gasteiger charge is -2.14. The Morgan fingerprint density at radius 2 is 1.60 bits per heavy atom. The number of para-hydroxylation sites is 1. The van der Waals surface area contributed by atoms with Gasteiger partial charge in [0.15, 0.2) is 0 Å². The SMILES string of the molecule is CCCc1cccc(NCCCOc2ccc(Oc3ccccc3)cc2CCC)c1. The first kappa shape index (κ1) is 21.8. The van der Waals surface area contributed by atoms with Crippen LogP contribution in [-0.4, -0.2) is 13.2 Å².